The van der Waals surface area contributed by atoms with E-state index in [1.54, 1.807) is 11.9 Å². The fourth-order valence-electron chi connectivity index (χ4n) is 1.81. The number of halogens is 1. The van der Waals surface area contributed by atoms with E-state index in [1.807, 2.05) is 36.6 Å². The van der Waals surface area contributed by atoms with Crippen LogP contribution in [0.25, 0.3) is 0 Å². The summed E-state index contributed by atoms with van der Waals surface area (Å²) in [5.74, 6) is 0.419. The van der Waals surface area contributed by atoms with Gasteiger partial charge in [-0.2, -0.15) is 0 Å². The number of nitrogens with zero attached hydrogens (tertiary/aromatic N) is 2. The summed E-state index contributed by atoms with van der Waals surface area (Å²) < 4.78 is 0. The molecule has 0 N–H and O–H groups in total. The lowest BCUT2D eigenvalue weighted by Crippen LogP contribution is -2.28. The average molecular weight is 295 g/mol. The average Bonchev–Trinajstić information content (AvgIpc) is 2.86. The zero-order chi connectivity index (χ0) is 13.8. The second-order valence-corrected chi connectivity index (χ2v) is 5.49. The molecule has 5 heteroatoms. The molecule has 1 amide bonds. The molecule has 3 nitrogen and oxygen atoms in total. The number of thiazole rings is 1. The second-order valence-electron chi connectivity index (χ2n) is 4.28. The molecule has 1 aromatic heterocycles. The summed E-state index contributed by atoms with van der Waals surface area (Å²) in [5, 5.41) is 2.70. The van der Waals surface area contributed by atoms with Crippen molar-refractivity contribution in [1.29, 1.82) is 0 Å². The standard InChI is InChI=1S/C14H15ClN2OS/c1-10-5-3-4-6-12(10)17(2)14(18)7-13-16-11(8-15)9-19-13/h3-6,9H,7-8H2,1-2H3. The maximum Gasteiger partial charge on any atom is 0.233 e. The van der Waals surface area contributed by atoms with Crippen molar-refractivity contribution in [2.24, 2.45) is 0 Å². The van der Waals surface area contributed by atoms with Crippen molar-refractivity contribution in [2.75, 3.05) is 11.9 Å². The number of amides is 1. The Labute approximate surface area is 121 Å². The first kappa shape index (κ1) is 14.0. The third kappa shape index (κ3) is 3.33. The van der Waals surface area contributed by atoms with E-state index < -0.39 is 0 Å². The zero-order valence-electron chi connectivity index (χ0n) is 10.9. The number of aromatic nitrogens is 1. The van der Waals surface area contributed by atoms with Crippen LogP contribution in [0.3, 0.4) is 0 Å². The molecular weight excluding hydrogens is 280 g/mol. The molecule has 19 heavy (non-hydrogen) atoms. The van der Waals surface area contributed by atoms with E-state index in [1.165, 1.54) is 11.3 Å². The predicted octanol–water partition coefficient (Wildman–Crippen LogP) is 3.40. The maximum atomic E-state index is 12.2. The molecule has 0 unspecified atom stereocenters. The van der Waals surface area contributed by atoms with Crippen LogP contribution in [0.1, 0.15) is 16.3 Å². The van der Waals surface area contributed by atoms with E-state index in [0.29, 0.717) is 12.3 Å². The molecule has 0 spiro atoms. The van der Waals surface area contributed by atoms with Crippen LogP contribution >= 0.6 is 22.9 Å². The number of likely N-dealkylation sites (N-methyl/N-ethyl adjacent to an activating group) is 1. The van der Waals surface area contributed by atoms with Gasteiger partial charge in [0.25, 0.3) is 0 Å². The number of rotatable bonds is 4. The maximum absolute atomic E-state index is 12.2. The van der Waals surface area contributed by atoms with E-state index >= 15 is 0 Å². The number of para-hydroxylation sites is 1. The molecule has 1 aromatic carbocycles. The molecule has 2 aromatic rings. The third-order valence-corrected chi connectivity index (χ3v) is 4.06. The van der Waals surface area contributed by atoms with Crippen molar-refractivity contribution in [3.63, 3.8) is 0 Å². The van der Waals surface area contributed by atoms with Gasteiger partial charge in [0.05, 0.1) is 18.0 Å². The number of anilines is 1. The molecular formula is C14H15ClN2OS. The van der Waals surface area contributed by atoms with Crippen molar-refractivity contribution < 1.29 is 4.79 Å². The van der Waals surface area contributed by atoms with Crippen molar-refractivity contribution in [1.82, 2.24) is 4.98 Å². The summed E-state index contributed by atoms with van der Waals surface area (Å²) in [7, 11) is 1.79. The van der Waals surface area contributed by atoms with Gasteiger partial charge in [-0.1, -0.05) is 18.2 Å². The lowest BCUT2D eigenvalue weighted by molar-refractivity contribution is -0.117. The van der Waals surface area contributed by atoms with Gasteiger partial charge in [-0.15, -0.1) is 22.9 Å². The molecule has 0 saturated carbocycles. The van der Waals surface area contributed by atoms with Crippen LogP contribution in [0, 0.1) is 6.92 Å². The molecule has 0 atom stereocenters. The molecule has 100 valence electrons. The van der Waals surface area contributed by atoms with Crippen LogP contribution in [0.4, 0.5) is 5.69 Å². The summed E-state index contributed by atoms with van der Waals surface area (Å²) >= 11 is 7.18. The van der Waals surface area contributed by atoms with Gasteiger partial charge in [-0.25, -0.2) is 4.98 Å². The normalized spacial score (nSPS) is 10.5. The van der Waals surface area contributed by atoms with Gasteiger partial charge in [-0.3, -0.25) is 4.79 Å². The highest BCUT2D eigenvalue weighted by atomic mass is 35.5. The third-order valence-electron chi connectivity index (χ3n) is 2.89. The smallest absolute Gasteiger partial charge is 0.233 e. The number of carbonyl (C=O) groups is 1. The molecule has 0 aliphatic rings. The van der Waals surface area contributed by atoms with Gasteiger partial charge in [0.1, 0.15) is 5.01 Å². The molecule has 0 radical (unpaired) electrons. The number of alkyl halides is 1. The Morgan fingerprint density at radius 2 is 2.16 bits per heavy atom. The van der Waals surface area contributed by atoms with Crippen molar-refractivity contribution in [3.8, 4) is 0 Å². The van der Waals surface area contributed by atoms with Crippen molar-refractivity contribution in [2.45, 2.75) is 19.2 Å². The van der Waals surface area contributed by atoms with Gasteiger partial charge in [0.2, 0.25) is 5.91 Å². The van der Waals surface area contributed by atoms with E-state index in [-0.39, 0.29) is 5.91 Å². The van der Waals surface area contributed by atoms with E-state index in [0.717, 1.165) is 22.0 Å². The highest BCUT2D eigenvalue weighted by Crippen LogP contribution is 2.20. The second kappa shape index (κ2) is 6.17. The fourth-order valence-corrected chi connectivity index (χ4v) is 2.83. The molecule has 1 heterocycles. The largest absolute Gasteiger partial charge is 0.315 e. The van der Waals surface area contributed by atoms with E-state index in [9.17, 15) is 4.79 Å². The van der Waals surface area contributed by atoms with Crippen molar-refractivity contribution in [3.05, 3.63) is 45.9 Å². The highest BCUT2D eigenvalue weighted by molar-refractivity contribution is 7.09. The number of carbonyl (C=O) groups excluding carboxylic acids is 1. The Bertz CT molecular complexity index is 582. The van der Waals surface area contributed by atoms with Crippen LogP contribution in [0.15, 0.2) is 29.6 Å². The number of hydrogen-bond donors (Lipinski definition) is 0. The van der Waals surface area contributed by atoms with Gasteiger partial charge in [-0.05, 0) is 18.6 Å². The molecule has 0 aliphatic heterocycles. The SMILES string of the molecule is Cc1ccccc1N(C)C(=O)Cc1nc(CCl)cs1. The number of aryl methyl sites for hydroxylation is 1. The fraction of sp³-hybridized carbons (Fsp3) is 0.286. The first-order chi connectivity index (χ1) is 9.11. The van der Waals surface area contributed by atoms with E-state index in [2.05, 4.69) is 4.98 Å². The lowest BCUT2D eigenvalue weighted by Gasteiger charge is -2.18. The minimum Gasteiger partial charge on any atom is -0.315 e. The predicted molar refractivity (Wildman–Crippen MR) is 80.0 cm³/mol. The summed E-state index contributed by atoms with van der Waals surface area (Å²) in [6, 6.07) is 7.83. The molecule has 2 rings (SSSR count). The van der Waals surface area contributed by atoms with Gasteiger partial charge in [0, 0.05) is 18.1 Å². The number of benzene rings is 1. The number of hydrogen-bond acceptors (Lipinski definition) is 3. The minimum atomic E-state index is 0.0322. The Hall–Kier alpha value is -1.39. The van der Waals surface area contributed by atoms with Crippen LogP contribution in [-0.2, 0) is 17.1 Å². The Morgan fingerprint density at radius 3 is 2.79 bits per heavy atom. The van der Waals surface area contributed by atoms with Crippen molar-refractivity contribution >= 4 is 34.5 Å². The molecule has 0 aliphatic carbocycles. The highest BCUT2D eigenvalue weighted by Gasteiger charge is 2.15. The Kier molecular flexibility index (Phi) is 4.56. The molecule has 0 saturated heterocycles. The molecule has 0 fully saturated rings. The van der Waals surface area contributed by atoms with Gasteiger partial charge >= 0.3 is 0 Å². The Morgan fingerprint density at radius 1 is 1.42 bits per heavy atom. The summed E-state index contributed by atoms with van der Waals surface area (Å²) in [6.07, 6.45) is 0.312. The van der Waals surface area contributed by atoms with Crippen LogP contribution in [0.5, 0.6) is 0 Å². The van der Waals surface area contributed by atoms with Crippen LogP contribution in [-0.4, -0.2) is 17.9 Å². The minimum absolute atomic E-state index is 0.0322. The Balaban J connectivity index is 2.09. The quantitative estimate of drug-likeness (QED) is 0.810. The van der Waals surface area contributed by atoms with Gasteiger partial charge < -0.3 is 4.90 Å². The van der Waals surface area contributed by atoms with Crippen LogP contribution < -0.4 is 4.90 Å². The summed E-state index contributed by atoms with van der Waals surface area (Å²) in [6.45, 7) is 1.99. The van der Waals surface area contributed by atoms with Crippen LogP contribution in [0.2, 0.25) is 0 Å². The molecule has 0 bridgehead atoms. The summed E-state index contributed by atoms with van der Waals surface area (Å²) in [4.78, 5) is 18.2. The zero-order valence-corrected chi connectivity index (χ0v) is 12.5. The first-order valence-electron chi connectivity index (χ1n) is 5.93. The monoisotopic (exact) mass is 294 g/mol. The topological polar surface area (TPSA) is 33.2 Å². The first-order valence-corrected chi connectivity index (χ1v) is 7.34. The summed E-state index contributed by atoms with van der Waals surface area (Å²) in [5.41, 5.74) is 2.84. The lowest BCUT2D eigenvalue weighted by atomic mass is 10.2. The van der Waals surface area contributed by atoms with Gasteiger partial charge in [0.15, 0.2) is 0 Å². The van der Waals surface area contributed by atoms with E-state index in [4.69, 9.17) is 11.6 Å².